The third-order valence-electron chi connectivity index (χ3n) is 15.2. The molecule has 4 unspecified atom stereocenters. The van der Waals surface area contributed by atoms with Crippen LogP contribution in [0.3, 0.4) is 0 Å². The Hall–Kier alpha value is -4.53. The number of alkyl halides is 1. The number of rotatable bonds is 13. The lowest BCUT2D eigenvalue weighted by Gasteiger charge is -2.24. The first-order valence-corrected chi connectivity index (χ1v) is 26.5. The Labute approximate surface area is 423 Å². The summed E-state index contributed by atoms with van der Waals surface area (Å²) < 4.78 is 78.9. The third kappa shape index (κ3) is 13.2. The van der Waals surface area contributed by atoms with Gasteiger partial charge in [0.15, 0.2) is 0 Å². The minimum Gasteiger partial charge on any atom is -0.389 e. The number of hydrogen-bond donors (Lipinski definition) is 1. The number of nitrogens with zero attached hydrogens (tertiary/aromatic N) is 3. The van der Waals surface area contributed by atoms with Crippen molar-refractivity contribution in [1.29, 1.82) is 0 Å². The maximum absolute atomic E-state index is 15.6. The Morgan fingerprint density at radius 2 is 1.01 bits per heavy atom. The third-order valence-corrected chi connectivity index (χ3v) is 16.9. The van der Waals surface area contributed by atoms with Gasteiger partial charge in [0.25, 0.3) is 11.4 Å². The van der Waals surface area contributed by atoms with Gasteiger partial charge in [0.1, 0.15) is 28.9 Å². The van der Waals surface area contributed by atoms with Crippen LogP contribution in [0.2, 0.25) is 10.0 Å². The smallest absolute Gasteiger partial charge is 0.278 e. The average molecular weight is 1040 g/mol. The van der Waals surface area contributed by atoms with E-state index in [4.69, 9.17) is 23.2 Å². The van der Waals surface area contributed by atoms with Crippen LogP contribution < -0.4 is 0 Å². The summed E-state index contributed by atoms with van der Waals surface area (Å²) in [5.41, 5.74) is 3.36. The molecule has 0 bridgehead atoms. The number of pyridine rings is 2. The van der Waals surface area contributed by atoms with Crippen molar-refractivity contribution in [2.24, 2.45) is 23.7 Å². The normalized spacial score (nSPS) is 25.9. The van der Waals surface area contributed by atoms with E-state index in [1.807, 2.05) is 36.4 Å². The van der Waals surface area contributed by atoms with Crippen molar-refractivity contribution in [2.75, 3.05) is 13.1 Å². The first-order chi connectivity index (χ1) is 33.8. The van der Waals surface area contributed by atoms with Crippen LogP contribution in [-0.2, 0) is 22.4 Å². The molecule has 8 atom stereocenters. The Morgan fingerprint density at radius 1 is 0.620 bits per heavy atom. The summed E-state index contributed by atoms with van der Waals surface area (Å²) >= 11 is 6.87. The molecular formula is C56H59Cl2F6N3O3S. The molecule has 0 radical (unpaired) electrons. The number of fused-ring (bicyclic) bond motifs is 4. The number of benzene rings is 4. The molecule has 0 amide bonds. The van der Waals surface area contributed by atoms with Crippen molar-refractivity contribution >= 4 is 67.9 Å². The Bertz CT molecular complexity index is 2620. The van der Waals surface area contributed by atoms with Crippen LogP contribution in [-0.4, -0.2) is 55.3 Å². The van der Waals surface area contributed by atoms with Crippen LogP contribution in [0.5, 0.6) is 0 Å². The maximum atomic E-state index is 15.6. The van der Waals surface area contributed by atoms with Crippen LogP contribution in [0.15, 0.2) is 109 Å². The number of ketones is 2. The summed E-state index contributed by atoms with van der Waals surface area (Å²) in [6.45, 7) is 3.14. The molecule has 0 saturated heterocycles. The number of Topliss-reactive ketones (excluding diaryl/α,β-unsaturated/α-hetero) is 2. The van der Waals surface area contributed by atoms with Crippen LogP contribution in [0, 0.1) is 35.3 Å². The molecule has 4 aromatic carbocycles. The quantitative estimate of drug-likeness (QED) is 0.116. The van der Waals surface area contributed by atoms with Gasteiger partial charge in [-0.2, -0.15) is 4.31 Å². The molecule has 2 heterocycles. The Kier molecular flexibility index (Phi) is 16.6. The average Bonchev–Trinajstić information content (AvgIpc) is 4.05. The molecule has 4 aliphatic carbocycles. The molecule has 0 aliphatic heterocycles. The van der Waals surface area contributed by atoms with Crippen LogP contribution >= 0.6 is 34.6 Å². The highest BCUT2D eigenvalue weighted by Crippen LogP contribution is 2.58. The van der Waals surface area contributed by atoms with Gasteiger partial charge in [0, 0.05) is 72.0 Å². The highest BCUT2D eigenvalue weighted by Gasteiger charge is 2.51. The lowest BCUT2D eigenvalue weighted by molar-refractivity contribution is -0.123. The van der Waals surface area contributed by atoms with E-state index in [9.17, 15) is 35.1 Å². The minimum atomic E-state index is -4.93. The van der Waals surface area contributed by atoms with Gasteiger partial charge < -0.3 is 5.11 Å². The summed E-state index contributed by atoms with van der Waals surface area (Å²) in [7, 11) is 0. The molecule has 71 heavy (non-hydrogen) atoms. The fraction of sp³-hybridized carbons (Fsp3) is 0.429. The topological polar surface area (TPSA) is 83.4 Å². The van der Waals surface area contributed by atoms with E-state index in [1.54, 1.807) is 60.9 Å². The summed E-state index contributed by atoms with van der Waals surface area (Å²) in [6.07, 6.45) is 10.3. The van der Waals surface area contributed by atoms with E-state index in [0.717, 1.165) is 69.7 Å². The van der Waals surface area contributed by atoms with Gasteiger partial charge in [-0.3, -0.25) is 19.6 Å². The van der Waals surface area contributed by atoms with E-state index < -0.39 is 22.6 Å². The van der Waals surface area contributed by atoms with Gasteiger partial charge >= 0.3 is 0 Å². The number of hydrogen-bond acceptors (Lipinski definition) is 6. The van der Waals surface area contributed by atoms with Gasteiger partial charge in [-0.05, 0) is 182 Å². The lowest BCUT2D eigenvalue weighted by Crippen LogP contribution is -2.30. The monoisotopic (exact) mass is 1040 g/mol. The van der Waals surface area contributed by atoms with Crippen molar-refractivity contribution in [3.05, 3.63) is 153 Å². The highest BCUT2D eigenvalue weighted by atomic mass is 35.5. The minimum absolute atomic E-state index is 0.0172. The van der Waals surface area contributed by atoms with E-state index in [-0.39, 0.29) is 73.3 Å². The van der Waals surface area contributed by atoms with Crippen molar-refractivity contribution in [2.45, 2.75) is 114 Å². The summed E-state index contributed by atoms with van der Waals surface area (Å²) in [6, 6.07) is 27.9. The number of carbonyl (C=O) groups is 2. The number of aliphatic hydroxyl groups is 1. The molecule has 6 aromatic rings. The number of carbonyl (C=O) groups excluding carboxylic acids is 2. The molecule has 15 heteroatoms. The molecule has 4 fully saturated rings. The maximum Gasteiger partial charge on any atom is 0.278 e. The van der Waals surface area contributed by atoms with Crippen molar-refractivity contribution < 1.29 is 39.5 Å². The molecule has 378 valence electrons. The van der Waals surface area contributed by atoms with E-state index in [0.29, 0.717) is 64.2 Å². The Morgan fingerprint density at radius 3 is 1.39 bits per heavy atom. The molecule has 1 N–H and O–H groups in total. The second-order valence-electron chi connectivity index (χ2n) is 20.2. The molecule has 4 aliphatic rings. The van der Waals surface area contributed by atoms with Gasteiger partial charge in [0.05, 0.1) is 16.6 Å². The summed E-state index contributed by atoms with van der Waals surface area (Å²) in [5, 5.41) is 14.2. The molecule has 0 spiro atoms. The standard InChI is InChI=1S/C26H24ClF2NO.C26H25ClFNO2.C4H10F3NS/c27-20-3-1-16(2-4-20)9-22(31)15-26(29)13-18-10-17(11-19(18)14-26)23-7-8-30-25-6-5-21(28)12-24(23)25;27-20-3-1-16(2-4-20)9-22(30)15-26(31)13-18-10-17(11-19(18)14-26)23-7-8-29-25-6-5-21(28)12-24(23)25;1-3-8(4-2)9(5,6)7/h1-8,12,17-19H,9-11,13-15H2;1-8,12,17-19,31H,9-11,13-15H2;3-4H2,1-2H3/t2*17?,18-,19+,26?;. The molecule has 10 rings (SSSR count). The number of halogens is 8. The predicted molar refractivity (Wildman–Crippen MR) is 272 cm³/mol. The fourth-order valence-corrected chi connectivity index (χ4v) is 13.2. The lowest BCUT2D eigenvalue weighted by atomic mass is 9.86. The predicted octanol–water partition coefficient (Wildman–Crippen LogP) is 15.4. The second kappa shape index (κ2) is 22.3. The zero-order valence-electron chi connectivity index (χ0n) is 39.8. The van der Waals surface area contributed by atoms with Gasteiger partial charge in [0.2, 0.25) is 0 Å². The van der Waals surface area contributed by atoms with Crippen molar-refractivity contribution in [3.8, 4) is 0 Å². The summed E-state index contributed by atoms with van der Waals surface area (Å²) in [5.74, 6) is 1.48. The largest absolute Gasteiger partial charge is 0.389 e. The highest BCUT2D eigenvalue weighted by molar-refractivity contribution is 8.18. The van der Waals surface area contributed by atoms with E-state index in [1.165, 1.54) is 26.0 Å². The zero-order valence-corrected chi connectivity index (χ0v) is 42.1. The second-order valence-corrected chi connectivity index (χ2v) is 22.4. The number of aromatic nitrogens is 2. The molecule has 4 saturated carbocycles. The van der Waals surface area contributed by atoms with E-state index >= 15 is 4.39 Å². The Balaban J connectivity index is 0.000000163. The SMILES string of the molecule is CCN(CC)S(F)(F)F.O=C(Cc1ccc(Cl)cc1)CC1(F)C[C@H]2CC(c3ccnc4ccc(F)cc34)C[C@H]2C1.O=C(Cc1ccc(Cl)cc1)CC1(O)C[C@H]2CC(c3ccnc4ccc(F)cc34)C[C@H]2C1. The van der Waals surface area contributed by atoms with Crippen LogP contribution in [0.25, 0.3) is 21.8 Å². The van der Waals surface area contributed by atoms with Crippen molar-refractivity contribution in [3.63, 3.8) is 0 Å². The molecule has 6 nitrogen and oxygen atoms in total. The first-order valence-electron chi connectivity index (χ1n) is 24.5. The van der Waals surface area contributed by atoms with E-state index in [2.05, 4.69) is 9.97 Å². The fourth-order valence-electron chi connectivity index (χ4n) is 12.3. The van der Waals surface area contributed by atoms with Crippen LogP contribution in [0.4, 0.5) is 24.8 Å². The van der Waals surface area contributed by atoms with Crippen molar-refractivity contribution in [1.82, 2.24) is 14.3 Å². The van der Waals surface area contributed by atoms with Crippen LogP contribution in [0.1, 0.15) is 112 Å². The summed E-state index contributed by atoms with van der Waals surface area (Å²) in [4.78, 5) is 33.9. The molecule has 2 aromatic heterocycles. The van der Waals surface area contributed by atoms with Gasteiger partial charge in [-0.25, -0.2) is 13.2 Å². The van der Waals surface area contributed by atoms with Gasteiger partial charge in [-0.15, -0.1) is 11.7 Å². The van der Waals surface area contributed by atoms with Gasteiger partial charge in [-0.1, -0.05) is 61.3 Å². The molecular weight excluding hydrogens is 980 g/mol. The zero-order chi connectivity index (χ0) is 50.7. The first kappa shape index (κ1) is 52.8.